The van der Waals surface area contributed by atoms with Crippen molar-refractivity contribution in [2.75, 3.05) is 13.2 Å². The van der Waals surface area contributed by atoms with E-state index in [0.717, 1.165) is 10.6 Å². The van der Waals surface area contributed by atoms with Crippen molar-refractivity contribution < 1.29 is 13.2 Å². The van der Waals surface area contributed by atoms with E-state index in [2.05, 4.69) is 14.9 Å². The van der Waals surface area contributed by atoms with E-state index in [0.29, 0.717) is 10.9 Å². The van der Waals surface area contributed by atoms with Gasteiger partial charge >= 0.3 is 0 Å². The largest absolute Gasteiger partial charge is 0.475 e. The molecule has 9 heteroatoms. The second-order valence-corrected chi connectivity index (χ2v) is 8.09. The molecule has 0 bridgehead atoms. The molecule has 0 spiro atoms. The first-order chi connectivity index (χ1) is 12.0. The van der Waals surface area contributed by atoms with Crippen LogP contribution in [0.3, 0.4) is 0 Å². The van der Waals surface area contributed by atoms with Crippen LogP contribution in [0.1, 0.15) is 0 Å². The predicted octanol–water partition coefficient (Wildman–Crippen LogP) is 3.22. The molecule has 0 atom stereocenters. The summed E-state index contributed by atoms with van der Waals surface area (Å²) in [6.07, 6.45) is 0. The summed E-state index contributed by atoms with van der Waals surface area (Å²) in [5.74, 6) is 0.339. The van der Waals surface area contributed by atoms with Crippen molar-refractivity contribution in [2.24, 2.45) is 0 Å². The number of aromatic nitrogens is 2. The van der Waals surface area contributed by atoms with Gasteiger partial charge in [-0.15, -0.1) is 21.5 Å². The summed E-state index contributed by atoms with van der Waals surface area (Å²) in [5.41, 5.74) is 0.769. The van der Waals surface area contributed by atoms with Crippen LogP contribution in [0, 0.1) is 0 Å². The van der Waals surface area contributed by atoms with Gasteiger partial charge in [-0.05, 0) is 41.8 Å². The number of hydrogen-bond donors (Lipinski definition) is 1. The van der Waals surface area contributed by atoms with E-state index in [-0.39, 0.29) is 18.0 Å². The third-order valence-electron chi connectivity index (χ3n) is 3.18. The molecule has 0 radical (unpaired) electrons. The lowest BCUT2D eigenvalue weighted by Gasteiger charge is -2.08. The van der Waals surface area contributed by atoms with Gasteiger partial charge in [0.25, 0.3) is 0 Å². The zero-order valence-electron chi connectivity index (χ0n) is 12.9. The summed E-state index contributed by atoms with van der Waals surface area (Å²) >= 11 is 7.33. The van der Waals surface area contributed by atoms with Crippen LogP contribution in [-0.2, 0) is 10.0 Å². The average molecular weight is 396 g/mol. The quantitative estimate of drug-likeness (QED) is 0.621. The standard InChI is InChI=1S/C16H14ClN3O3S2/c17-12-3-5-13(6-4-12)25(21,22)18-9-10-23-16-8-7-14(19-20-16)15-2-1-11-24-15/h1-8,11,18H,9-10H2. The zero-order valence-corrected chi connectivity index (χ0v) is 15.3. The Labute approximate surface area is 154 Å². The van der Waals surface area contributed by atoms with Crippen molar-refractivity contribution in [3.05, 3.63) is 58.9 Å². The number of halogens is 1. The number of ether oxygens (including phenoxy) is 1. The Bertz CT molecular complexity index is 912. The fourth-order valence-corrected chi connectivity index (χ4v) is 3.81. The minimum atomic E-state index is -3.59. The zero-order chi connectivity index (χ0) is 17.7. The van der Waals surface area contributed by atoms with E-state index in [1.54, 1.807) is 17.4 Å². The molecule has 25 heavy (non-hydrogen) atoms. The lowest BCUT2D eigenvalue weighted by Crippen LogP contribution is -2.28. The molecule has 3 aromatic rings. The number of thiophene rings is 1. The van der Waals surface area contributed by atoms with Gasteiger partial charge in [-0.2, -0.15) is 0 Å². The molecule has 0 saturated carbocycles. The van der Waals surface area contributed by atoms with Gasteiger partial charge in [0, 0.05) is 17.6 Å². The van der Waals surface area contributed by atoms with Gasteiger partial charge in [0.2, 0.25) is 15.9 Å². The Morgan fingerprint density at radius 3 is 2.52 bits per heavy atom. The maximum Gasteiger partial charge on any atom is 0.240 e. The lowest BCUT2D eigenvalue weighted by molar-refractivity contribution is 0.307. The van der Waals surface area contributed by atoms with Gasteiger partial charge < -0.3 is 4.74 Å². The van der Waals surface area contributed by atoms with Crippen molar-refractivity contribution in [2.45, 2.75) is 4.90 Å². The fourth-order valence-electron chi connectivity index (χ4n) is 1.98. The van der Waals surface area contributed by atoms with Crippen molar-refractivity contribution in [3.8, 4) is 16.5 Å². The molecule has 2 heterocycles. The number of nitrogens with zero attached hydrogens (tertiary/aromatic N) is 2. The molecular formula is C16H14ClN3O3S2. The molecule has 0 amide bonds. The Kier molecular flexibility index (Phi) is 5.64. The molecule has 130 valence electrons. The first-order valence-corrected chi connectivity index (χ1v) is 10.0. The van der Waals surface area contributed by atoms with Crippen LogP contribution in [0.15, 0.2) is 58.8 Å². The molecule has 0 unspecified atom stereocenters. The average Bonchev–Trinajstić information content (AvgIpc) is 3.14. The fraction of sp³-hybridized carbons (Fsp3) is 0.125. The van der Waals surface area contributed by atoms with Crippen LogP contribution in [0.25, 0.3) is 10.6 Å². The molecule has 1 aromatic carbocycles. The third-order valence-corrected chi connectivity index (χ3v) is 5.80. The molecule has 0 aliphatic carbocycles. The predicted molar refractivity (Wildman–Crippen MR) is 97.5 cm³/mol. The monoisotopic (exact) mass is 395 g/mol. The summed E-state index contributed by atoms with van der Waals surface area (Å²) < 4.78 is 32.1. The van der Waals surface area contributed by atoms with E-state index < -0.39 is 10.0 Å². The van der Waals surface area contributed by atoms with Crippen LogP contribution in [0.2, 0.25) is 5.02 Å². The van der Waals surface area contributed by atoms with Crippen LogP contribution >= 0.6 is 22.9 Å². The molecular weight excluding hydrogens is 382 g/mol. The highest BCUT2D eigenvalue weighted by Gasteiger charge is 2.13. The minimum absolute atomic E-state index is 0.110. The first-order valence-electron chi connectivity index (χ1n) is 7.30. The molecule has 0 aliphatic heterocycles. The summed E-state index contributed by atoms with van der Waals surface area (Å²) in [4.78, 5) is 1.17. The topological polar surface area (TPSA) is 81.2 Å². The highest BCUT2D eigenvalue weighted by atomic mass is 35.5. The number of sulfonamides is 1. The number of nitrogens with one attached hydrogen (secondary N) is 1. The molecule has 0 saturated heterocycles. The van der Waals surface area contributed by atoms with Gasteiger partial charge in [0.15, 0.2) is 0 Å². The van der Waals surface area contributed by atoms with Crippen LogP contribution in [0.5, 0.6) is 5.88 Å². The van der Waals surface area contributed by atoms with Crippen molar-refractivity contribution in [3.63, 3.8) is 0 Å². The highest BCUT2D eigenvalue weighted by molar-refractivity contribution is 7.89. The van der Waals surface area contributed by atoms with E-state index >= 15 is 0 Å². The Morgan fingerprint density at radius 2 is 1.88 bits per heavy atom. The Balaban J connectivity index is 1.50. The second-order valence-electron chi connectivity index (χ2n) is 4.93. The normalized spacial score (nSPS) is 11.4. The van der Waals surface area contributed by atoms with E-state index in [9.17, 15) is 8.42 Å². The smallest absolute Gasteiger partial charge is 0.240 e. The lowest BCUT2D eigenvalue weighted by atomic mass is 10.3. The molecule has 0 fully saturated rings. The molecule has 6 nitrogen and oxygen atoms in total. The summed E-state index contributed by atoms with van der Waals surface area (Å²) in [6.45, 7) is 0.249. The van der Waals surface area contributed by atoms with Crippen molar-refractivity contribution in [1.82, 2.24) is 14.9 Å². The van der Waals surface area contributed by atoms with Crippen molar-refractivity contribution >= 4 is 33.0 Å². The van der Waals surface area contributed by atoms with Crippen molar-refractivity contribution in [1.29, 1.82) is 0 Å². The summed E-state index contributed by atoms with van der Waals surface area (Å²) in [5, 5.41) is 10.5. The third kappa shape index (κ3) is 4.76. The van der Waals surface area contributed by atoms with Gasteiger partial charge in [0.1, 0.15) is 12.3 Å². The summed E-state index contributed by atoms with van der Waals surface area (Å²) in [7, 11) is -3.59. The van der Waals surface area contributed by atoms with E-state index in [1.165, 1.54) is 24.3 Å². The molecule has 2 aromatic heterocycles. The van der Waals surface area contributed by atoms with Crippen LogP contribution < -0.4 is 9.46 Å². The highest BCUT2D eigenvalue weighted by Crippen LogP contribution is 2.22. The number of rotatable bonds is 7. The SMILES string of the molecule is O=S(=O)(NCCOc1ccc(-c2cccs2)nn1)c1ccc(Cl)cc1. The molecule has 0 aliphatic rings. The Morgan fingerprint density at radius 1 is 1.08 bits per heavy atom. The van der Waals surface area contributed by atoms with Gasteiger partial charge in [-0.1, -0.05) is 17.7 Å². The molecule has 3 rings (SSSR count). The molecule has 1 N–H and O–H groups in total. The van der Waals surface area contributed by atoms with Gasteiger partial charge in [-0.3, -0.25) is 0 Å². The van der Waals surface area contributed by atoms with Crippen LogP contribution in [-0.4, -0.2) is 31.8 Å². The minimum Gasteiger partial charge on any atom is -0.475 e. The van der Waals surface area contributed by atoms with Gasteiger partial charge in [0.05, 0.1) is 9.77 Å². The van der Waals surface area contributed by atoms with E-state index in [1.807, 2.05) is 23.6 Å². The van der Waals surface area contributed by atoms with E-state index in [4.69, 9.17) is 16.3 Å². The first kappa shape index (κ1) is 17.8. The Hall–Kier alpha value is -2.00. The summed E-state index contributed by atoms with van der Waals surface area (Å²) in [6, 6.07) is 13.4. The second kappa shape index (κ2) is 7.92. The number of hydrogen-bond acceptors (Lipinski definition) is 6. The maximum atomic E-state index is 12.1. The van der Waals surface area contributed by atoms with Crippen LogP contribution in [0.4, 0.5) is 0 Å². The number of benzene rings is 1. The maximum absolute atomic E-state index is 12.1. The van der Waals surface area contributed by atoms with Gasteiger partial charge in [-0.25, -0.2) is 13.1 Å².